The molecule has 0 saturated carbocycles. The van der Waals surface area contributed by atoms with E-state index in [9.17, 15) is 0 Å². The summed E-state index contributed by atoms with van der Waals surface area (Å²) in [5, 5.41) is 0. The molecule has 0 aliphatic carbocycles. The lowest BCUT2D eigenvalue weighted by molar-refractivity contribution is 0.613. The maximum absolute atomic E-state index is 2.31. The number of hydrogen-bond donors (Lipinski definition) is 0. The molecule has 0 bridgehead atoms. The van der Waals surface area contributed by atoms with Gasteiger partial charge in [-0.05, 0) is 77.1 Å². The van der Waals surface area contributed by atoms with Gasteiger partial charge < -0.3 is 0 Å². The molecule has 0 heterocycles. The molecule has 0 saturated heterocycles. The predicted octanol–water partition coefficient (Wildman–Crippen LogP) is 9.32. The Morgan fingerprint density at radius 3 is 1.42 bits per heavy atom. The first kappa shape index (κ1) is 23.1. The van der Waals surface area contributed by atoms with E-state index in [-0.39, 0.29) is 0 Å². The van der Waals surface area contributed by atoms with Crippen LogP contribution in [0.5, 0.6) is 0 Å². The minimum absolute atomic E-state index is 1.13. The molecule has 0 atom stereocenters. The van der Waals surface area contributed by atoms with E-state index in [1.54, 1.807) is 0 Å². The average Bonchev–Trinajstić information content (AvgIpc) is 2.89. The van der Waals surface area contributed by atoms with Crippen LogP contribution in [0, 0.1) is 0 Å². The van der Waals surface area contributed by atoms with Crippen LogP contribution >= 0.6 is 0 Å². The summed E-state index contributed by atoms with van der Waals surface area (Å²) >= 11 is 0. The third-order valence-corrected chi connectivity index (χ3v) is 6.62. The summed E-state index contributed by atoms with van der Waals surface area (Å²) in [5.41, 5.74) is 9.50. The highest BCUT2D eigenvalue weighted by molar-refractivity contribution is 5.73. The van der Waals surface area contributed by atoms with Gasteiger partial charge in [-0.25, -0.2) is 0 Å². The van der Waals surface area contributed by atoms with E-state index in [2.05, 4.69) is 110 Å². The summed E-state index contributed by atoms with van der Waals surface area (Å²) in [6, 6.07) is 37.8. The molecule has 0 nitrogen and oxygen atoms in total. The third kappa shape index (κ3) is 6.93. The first-order chi connectivity index (χ1) is 16.3. The molecule has 0 aliphatic rings. The van der Waals surface area contributed by atoms with Crippen molar-refractivity contribution in [2.24, 2.45) is 0 Å². The zero-order valence-corrected chi connectivity index (χ0v) is 20.0. The molecular formula is C33H36. The van der Waals surface area contributed by atoms with Gasteiger partial charge in [0.15, 0.2) is 0 Å². The van der Waals surface area contributed by atoms with E-state index in [0.717, 1.165) is 6.42 Å². The molecule has 4 aromatic rings. The lowest BCUT2D eigenvalue weighted by Gasteiger charge is -2.08. The molecule has 0 spiro atoms. The van der Waals surface area contributed by atoms with E-state index in [1.807, 2.05) is 0 Å². The summed E-state index contributed by atoms with van der Waals surface area (Å²) < 4.78 is 0. The second kappa shape index (κ2) is 12.2. The van der Waals surface area contributed by atoms with Crippen LogP contribution in [0.4, 0.5) is 0 Å². The Hall–Kier alpha value is -3.12. The number of rotatable bonds is 11. The fraction of sp³-hybridized carbons (Fsp3) is 0.273. The number of aryl methyl sites for hydroxylation is 3. The molecular weight excluding hydrogens is 396 g/mol. The maximum Gasteiger partial charge on any atom is -0.0178 e. The molecule has 0 aliphatic heterocycles. The van der Waals surface area contributed by atoms with Crippen molar-refractivity contribution in [1.29, 1.82) is 0 Å². The Balaban J connectivity index is 1.19. The van der Waals surface area contributed by atoms with Gasteiger partial charge in [-0.15, -0.1) is 0 Å². The van der Waals surface area contributed by atoms with E-state index >= 15 is 0 Å². The van der Waals surface area contributed by atoms with Crippen LogP contribution in [-0.4, -0.2) is 0 Å². The monoisotopic (exact) mass is 432 g/mol. The zero-order valence-electron chi connectivity index (χ0n) is 20.0. The van der Waals surface area contributed by atoms with Gasteiger partial charge in [0.2, 0.25) is 0 Å². The Kier molecular flexibility index (Phi) is 8.53. The molecule has 168 valence electrons. The quantitative estimate of drug-likeness (QED) is 0.207. The van der Waals surface area contributed by atoms with Crippen LogP contribution in [0.1, 0.15) is 55.7 Å². The molecule has 0 heteroatoms. The van der Waals surface area contributed by atoms with Gasteiger partial charge in [0, 0.05) is 0 Å². The highest BCUT2D eigenvalue weighted by Gasteiger charge is 2.02. The summed E-state index contributed by atoms with van der Waals surface area (Å²) in [6.07, 6.45) is 10.1. The van der Waals surface area contributed by atoms with Crippen LogP contribution < -0.4 is 0 Å². The summed E-state index contributed by atoms with van der Waals surface area (Å²) in [4.78, 5) is 0. The smallest absolute Gasteiger partial charge is 0.0178 e. The summed E-state index contributed by atoms with van der Waals surface area (Å²) in [6.45, 7) is 2.22. The van der Waals surface area contributed by atoms with Crippen molar-refractivity contribution in [3.63, 3.8) is 0 Å². The zero-order chi connectivity index (χ0) is 22.7. The summed E-state index contributed by atoms with van der Waals surface area (Å²) in [7, 11) is 0. The number of unbranched alkanes of at least 4 members (excludes halogenated alkanes) is 4. The molecule has 33 heavy (non-hydrogen) atoms. The van der Waals surface area contributed by atoms with E-state index in [0.29, 0.717) is 0 Å². The Morgan fingerprint density at radius 2 is 0.848 bits per heavy atom. The van der Waals surface area contributed by atoms with Crippen LogP contribution in [0.2, 0.25) is 0 Å². The van der Waals surface area contributed by atoms with Crippen molar-refractivity contribution in [2.45, 2.75) is 58.3 Å². The maximum atomic E-state index is 2.31. The van der Waals surface area contributed by atoms with E-state index in [1.165, 1.54) is 83.9 Å². The van der Waals surface area contributed by atoms with Gasteiger partial charge in [-0.3, -0.25) is 0 Å². The standard InChI is InChI=1S/C33H36/c1-2-27-18-20-28(21-19-27)12-7-4-3-5-8-13-29-22-24-31(25-23-29)33-17-11-16-32(26-33)30-14-9-6-10-15-30/h6,9-11,14-26H,2-5,7-8,12-13H2,1H3. The van der Waals surface area contributed by atoms with E-state index < -0.39 is 0 Å². The second-order valence-corrected chi connectivity index (χ2v) is 9.08. The number of benzene rings is 4. The van der Waals surface area contributed by atoms with Crippen LogP contribution in [0.3, 0.4) is 0 Å². The molecule has 0 fully saturated rings. The normalized spacial score (nSPS) is 10.9. The van der Waals surface area contributed by atoms with Gasteiger partial charge in [-0.2, -0.15) is 0 Å². The molecule has 0 amide bonds. The van der Waals surface area contributed by atoms with Gasteiger partial charge in [0.25, 0.3) is 0 Å². The minimum atomic E-state index is 1.13. The van der Waals surface area contributed by atoms with Crippen LogP contribution in [0.15, 0.2) is 103 Å². The van der Waals surface area contributed by atoms with Crippen molar-refractivity contribution in [3.8, 4) is 22.3 Å². The first-order valence-corrected chi connectivity index (χ1v) is 12.6. The largest absolute Gasteiger partial charge is 0.0622 e. The highest BCUT2D eigenvalue weighted by Crippen LogP contribution is 2.26. The molecule has 0 aromatic heterocycles. The molecule has 0 unspecified atom stereocenters. The Morgan fingerprint density at radius 1 is 0.394 bits per heavy atom. The van der Waals surface area contributed by atoms with Gasteiger partial charge in [-0.1, -0.05) is 123 Å². The lowest BCUT2D eigenvalue weighted by Crippen LogP contribution is -1.89. The van der Waals surface area contributed by atoms with Crippen molar-refractivity contribution in [2.75, 3.05) is 0 Å². The predicted molar refractivity (Wildman–Crippen MR) is 144 cm³/mol. The lowest BCUT2D eigenvalue weighted by atomic mass is 9.97. The molecule has 4 aromatic carbocycles. The topological polar surface area (TPSA) is 0 Å². The minimum Gasteiger partial charge on any atom is -0.0622 e. The summed E-state index contributed by atoms with van der Waals surface area (Å²) in [5.74, 6) is 0. The highest BCUT2D eigenvalue weighted by atomic mass is 14.1. The fourth-order valence-corrected chi connectivity index (χ4v) is 4.50. The SMILES string of the molecule is CCc1ccc(CCCCCCCc2ccc(-c3cccc(-c4ccccc4)c3)cc2)cc1. The van der Waals surface area contributed by atoms with Crippen LogP contribution in [-0.2, 0) is 19.3 Å². The fourth-order valence-electron chi connectivity index (χ4n) is 4.50. The second-order valence-electron chi connectivity index (χ2n) is 9.08. The van der Waals surface area contributed by atoms with Crippen molar-refractivity contribution >= 4 is 0 Å². The Bertz CT molecular complexity index is 1090. The van der Waals surface area contributed by atoms with Crippen molar-refractivity contribution < 1.29 is 0 Å². The van der Waals surface area contributed by atoms with Crippen LogP contribution in [0.25, 0.3) is 22.3 Å². The third-order valence-electron chi connectivity index (χ3n) is 6.62. The van der Waals surface area contributed by atoms with Gasteiger partial charge in [0.1, 0.15) is 0 Å². The van der Waals surface area contributed by atoms with Gasteiger partial charge in [0.05, 0.1) is 0 Å². The molecule has 4 rings (SSSR count). The first-order valence-electron chi connectivity index (χ1n) is 12.6. The van der Waals surface area contributed by atoms with E-state index in [4.69, 9.17) is 0 Å². The Labute approximate surface area is 200 Å². The average molecular weight is 433 g/mol. The van der Waals surface area contributed by atoms with Crippen molar-refractivity contribution in [3.05, 3.63) is 120 Å². The molecule has 0 radical (unpaired) electrons. The van der Waals surface area contributed by atoms with Crippen molar-refractivity contribution in [1.82, 2.24) is 0 Å². The number of hydrogen-bond acceptors (Lipinski definition) is 0. The molecule has 0 N–H and O–H groups in total. The van der Waals surface area contributed by atoms with Gasteiger partial charge >= 0.3 is 0 Å².